The van der Waals surface area contributed by atoms with Gasteiger partial charge in [-0.3, -0.25) is 14.4 Å². The Labute approximate surface area is 205 Å². The lowest BCUT2D eigenvalue weighted by Crippen LogP contribution is -2.44. The number of thioether (sulfide) groups is 1. The Morgan fingerprint density at radius 3 is 2.55 bits per heavy atom. The number of rotatable bonds is 6. The van der Waals surface area contributed by atoms with Crippen LogP contribution in [0.5, 0.6) is 0 Å². The fourth-order valence-corrected chi connectivity index (χ4v) is 4.73. The molecule has 170 valence electrons. The summed E-state index contributed by atoms with van der Waals surface area (Å²) < 4.78 is 4.81. The Balaban J connectivity index is 1.91. The van der Waals surface area contributed by atoms with Crippen LogP contribution in [0.3, 0.4) is 0 Å². The van der Waals surface area contributed by atoms with Crippen molar-refractivity contribution in [3.8, 4) is 6.07 Å². The normalized spacial score (nSPS) is 17.7. The molecule has 0 aromatic heterocycles. The van der Waals surface area contributed by atoms with Crippen LogP contribution in [-0.4, -0.2) is 30.6 Å². The molecule has 1 aliphatic rings. The molecule has 1 heterocycles. The highest BCUT2D eigenvalue weighted by Crippen LogP contribution is 2.42. The summed E-state index contributed by atoms with van der Waals surface area (Å²) in [6, 6.07) is 13.9. The summed E-state index contributed by atoms with van der Waals surface area (Å²) in [6.45, 7) is 1.78. The number of allylic oxidation sites excluding steroid dienone is 1. The number of hydrogen-bond acceptors (Lipinski definition) is 6. The van der Waals surface area contributed by atoms with E-state index in [2.05, 4.69) is 16.7 Å². The van der Waals surface area contributed by atoms with Crippen LogP contribution in [0, 0.1) is 24.2 Å². The summed E-state index contributed by atoms with van der Waals surface area (Å²) in [5, 5.41) is 16.3. The molecule has 3 rings (SSSR count). The lowest BCUT2D eigenvalue weighted by Gasteiger charge is -2.31. The highest BCUT2D eigenvalue weighted by Gasteiger charge is 2.45. The third-order valence-corrected chi connectivity index (χ3v) is 6.88. The summed E-state index contributed by atoms with van der Waals surface area (Å²) in [5.41, 5.74) is 1.85. The molecule has 2 amide bonds. The second kappa shape index (κ2) is 10.8. The van der Waals surface area contributed by atoms with E-state index in [0.717, 1.165) is 17.3 Å². The van der Waals surface area contributed by atoms with Crippen LogP contribution in [0.1, 0.15) is 17.0 Å². The Morgan fingerprint density at radius 2 is 1.88 bits per heavy atom. The van der Waals surface area contributed by atoms with Crippen LogP contribution in [0.4, 0.5) is 5.69 Å². The van der Waals surface area contributed by atoms with E-state index in [1.165, 1.54) is 7.11 Å². The molecule has 2 atom stereocenters. The molecule has 0 bridgehead atoms. The van der Waals surface area contributed by atoms with Crippen LogP contribution in [0.15, 0.2) is 53.1 Å². The summed E-state index contributed by atoms with van der Waals surface area (Å²) in [6.07, 6.45) is 0. The minimum atomic E-state index is -1.29. The van der Waals surface area contributed by atoms with Crippen molar-refractivity contribution >= 4 is 58.4 Å². The van der Waals surface area contributed by atoms with Gasteiger partial charge in [-0.15, -0.1) is 0 Å². The fraction of sp³-hybridized carbons (Fsp3) is 0.217. The number of ether oxygens (including phenoxy) is 1. The van der Waals surface area contributed by atoms with Crippen molar-refractivity contribution in [1.82, 2.24) is 5.32 Å². The molecular weight excluding hydrogens is 485 g/mol. The second-order valence-corrected chi connectivity index (χ2v) is 8.89. The topological polar surface area (TPSA) is 108 Å². The van der Waals surface area contributed by atoms with Gasteiger partial charge in [0.1, 0.15) is 5.92 Å². The second-order valence-electron chi connectivity index (χ2n) is 7.09. The summed E-state index contributed by atoms with van der Waals surface area (Å²) in [4.78, 5) is 37.8. The van der Waals surface area contributed by atoms with Crippen LogP contribution in [-0.2, 0) is 19.1 Å². The number of amides is 2. The van der Waals surface area contributed by atoms with E-state index in [4.69, 9.17) is 27.9 Å². The Bertz CT molecular complexity index is 1190. The zero-order valence-electron chi connectivity index (χ0n) is 17.6. The number of nitriles is 1. The lowest BCUT2D eigenvalue weighted by atomic mass is 9.78. The van der Waals surface area contributed by atoms with Gasteiger partial charge in [0.2, 0.25) is 11.8 Å². The number of nitrogens with one attached hydrogen (secondary N) is 2. The van der Waals surface area contributed by atoms with Gasteiger partial charge in [-0.25, -0.2) is 0 Å². The number of carbonyl (C=O) groups is 3. The number of hydrogen-bond donors (Lipinski definition) is 2. The molecule has 2 aromatic carbocycles. The fourth-order valence-electron chi connectivity index (χ4n) is 3.45. The van der Waals surface area contributed by atoms with Gasteiger partial charge in [0.15, 0.2) is 0 Å². The van der Waals surface area contributed by atoms with E-state index in [9.17, 15) is 19.6 Å². The number of esters is 1. The standard InChI is InChI=1S/C23H19Cl2N3O4S/c1-12-15(24)8-5-9-17(12)27-18(29)11-33-22-14(10-26)19(13-6-3-4-7-16(13)25)20(21(30)28-22)23(31)32-2/h3-9,19-20H,11H2,1-2H3,(H,27,29)(H,28,30)/t19-,20-/m0/s1. The molecule has 0 fully saturated rings. The van der Waals surface area contributed by atoms with E-state index >= 15 is 0 Å². The maximum atomic E-state index is 12.9. The molecule has 10 heteroatoms. The third-order valence-electron chi connectivity index (χ3n) is 5.11. The zero-order chi connectivity index (χ0) is 24.1. The predicted octanol–water partition coefficient (Wildman–Crippen LogP) is 4.41. The quantitative estimate of drug-likeness (QED) is 0.446. The van der Waals surface area contributed by atoms with Gasteiger partial charge >= 0.3 is 5.97 Å². The van der Waals surface area contributed by atoms with Crippen molar-refractivity contribution in [3.63, 3.8) is 0 Å². The predicted molar refractivity (Wildman–Crippen MR) is 128 cm³/mol. The zero-order valence-corrected chi connectivity index (χ0v) is 20.0. The van der Waals surface area contributed by atoms with Crippen molar-refractivity contribution in [2.45, 2.75) is 12.8 Å². The van der Waals surface area contributed by atoms with E-state index in [-0.39, 0.29) is 22.3 Å². The van der Waals surface area contributed by atoms with Crippen molar-refractivity contribution in [3.05, 3.63) is 74.2 Å². The number of carbonyl (C=O) groups excluding carboxylic acids is 3. The summed E-state index contributed by atoms with van der Waals surface area (Å²) in [7, 11) is 1.17. The van der Waals surface area contributed by atoms with Gasteiger partial charge < -0.3 is 15.4 Å². The summed E-state index contributed by atoms with van der Waals surface area (Å²) >= 11 is 13.4. The Kier molecular flexibility index (Phi) is 8.03. The molecule has 0 unspecified atom stereocenters. The smallest absolute Gasteiger partial charge is 0.319 e. The Hall–Kier alpha value is -2.99. The molecule has 1 aliphatic heterocycles. The van der Waals surface area contributed by atoms with Crippen molar-refractivity contribution < 1.29 is 19.1 Å². The van der Waals surface area contributed by atoms with Gasteiger partial charge in [0.05, 0.1) is 29.5 Å². The minimum absolute atomic E-state index is 0.0924. The number of benzene rings is 2. The number of halogens is 2. The molecule has 33 heavy (non-hydrogen) atoms. The number of nitrogens with zero attached hydrogens (tertiary/aromatic N) is 1. The molecule has 0 radical (unpaired) electrons. The van der Waals surface area contributed by atoms with Crippen molar-refractivity contribution in [1.29, 1.82) is 5.26 Å². The van der Waals surface area contributed by atoms with Gasteiger partial charge in [0.25, 0.3) is 0 Å². The average molecular weight is 504 g/mol. The highest BCUT2D eigenvalue weighted by molar-refractivity contribution is 8.03. The SMILES string of the molecule is COC(=O)[C@@H]1C(=O)NC(SCC(=O)Nc2cccc(Cl)c2C)=C(C#N)[C@@H]1c1ccccc1Cl. The van der Waals surface area contributed by atoms with E-state index in [1.54, 1.807) is 49.4 Å². The lowest BCUT2D eigenvalue weighted by molar-refractivity contribution is -0.150. The van der Waals surface area contributed by atoms with E-state index in [0.29, 0.717) is 21.3 Å². The molecule has 7 nitrogen and oxygen atoms in total. The first-order valence-electron chi connectivity index (χ1n) is 9.73. The monoisotopic (exact) mass is 503 g/mol. The molecule has 2 aromatic rings. The molecule has 2 N–H and O–H groups in total. The average Bonchev–Trinajstić information content (AvgIpc) is 2.80. The Morgan fingerprint density at radius 1 is 1.18 bits per heavy atom. The van der Waals surface area contributed by atoms with Crippen molar-refractivity contribution in [2.75, 3.05) is 18.2 Å². The summed E-state index contributed by atoms with van der Waals surface area (Å²) in [5.74, 6) is -4.12. The van der Waals surface area contributed by atoms with Gasteiger partial charge in [0, 0.05) is 21.7 Å². The van der Waals surface area contributed by atoms with E-state index in [1.807, 2.05) is 0 Å². The minimum Gasteiger partial charge on any atom is -0.468 e. The first-order valence-corrected chi connectivity index (χ1v) is 11.5. The molecule has 0 saturated carbocycles. The molecule has 0 saturated heterocycles. The first-order chi connectivity index (χ1) is 15.8. The maximum Gasteiger partial charge on any atom is 0.319 e. The van der Waals surface area contributed by atoms with Crippen LogP contribution in [0.25, 0.3) is 0 Å². The van der Waals surface area contributed by atoms with Gasteiger partial charge in [-0.05, 0) is 36.2 Å². The van der Waals surface area contributed by atoms with Crippen LogP contribution < -0.4 is 10.6 Å². The largest absolute Gasteiger partial charge is 0.468 e. The number of anilines is 1. The third kappa shape index (κ3) is 5.33. The maximum absolute atomic E-state index is 12.9. The number of methoxy groups -OCH3 is 1. The van der Waals surface area contributed by atoms with Gasteiger partial charge in [-0.1, -0.05) is 59.2 Å². The van der Waals surface area contributed by atoms with Gasteiger partial charge in [-0.2, -0.15) is 5.26 Å². The molecule has 0 aliphatic carbocycles. The van der Waals surface area contributed by atoms with Crippen molar-refractivity contribution in [2.24, 2.45) is 5.92 Å². The molecular formula is C23H19Cl2N3O4S. The molecule has 0 spiro atoms. The highest BCUT2D eigenvalue weighted by atomic mass is 35.5. The van der Waals surface area contributed by atoms with Crippen LogP contribution >= 0.6 is 35.0 Å². The van der Waals surface area contributed by atoms with Crippen LogP contribution in [0.2, 0.25) is 10.0 Å². The van der Waals surface area contributed by atoms with E-state index < -0.39 is 23.7 Å². The first kappa shape index (κ1) is 24.6.